The molecule has 0 fully saturated rings. The summed E-state index contributed by atoms with van der Waals surface area (Å²) in [6.07, 6.45) is 4.04. The van der Waals surface area contributed by atoms with Crippen LogP contribution in [-0.2, 0) is 25.8 Å². The number of H-pyrrole nitrogens is 1. The lowest BCUT2D eigenvalue weighted by Crippen LogP contribution is -2.26. The van der Waals surface area contributed by atoms with Gasteiger partial charge in [0.05, 0.1) is 6.54 Å². The molecular formula is C29H29N7O. The Morgan fingerprint density at radius 2 is 1.57 bits per heavy atom. The lowest BCUT2D eigenvalue weighted by Gasteiger charge is -2.14. The zero-order chi connectivity index (χ0) is 25.5. The van der Waals surface area contributed by atoms with E-state index >= 15 is 0 Å². The molecule has 3 aromatic carbocycles. The molecule has 0 spiro atoms. The maximum Gasteiger partial charge on any atom is 0.294 e. The first kappa shape index (κ1) is 24.2. The Morgan fingerprint density at radius 1 is 0.811 bits per heavy atom. The lowest BCUT2D eigenvalue weighted by atomic mass is 9.98. The summed E-state index contributed by atoms with van der Waals surface area (Å²) in [5.74, 6) is 1.37. The maximum absolute atomic E-state index is 12.8. The molecule has 0 aliphatic carbocycles. The third kappa shape index (κ3) is 5.86. The molecule has 2 heterocycles. The number of aromatic amines is 1. The molecule has 0 unspecified atom stereocenters. The number of rotatable bonds is 10. The van der Waals surface area contributed by atoms with Crippen LogP contribution in [0.1, 0.15) is 42.4 Å². The first-order chi connectivity index (χ1) is 18.2. The van der Waals surface area contributed by atoms with Gasteiger partial charge in [0.15, 0.2) is 5.82 Å². The lowest BCUT2D eigenvalue weighted by molar-refractivity contribution is 0.554. The van der Waals surface area contributed by atoms with Crippen molar-refractivity contribution in [3.05, 3.63) is 112 Å². The molecule has 186 valence electrons. The maximum atomic E-state index is 12.8. The van der Waals surface area contributed by atoms with Gasteiger partial charge in [0.1, 0.15) is 11.5 Å². The summed E-state index contributed by atoms with van der Waals surface area (Å²) in [4.78, 5) is 17.2. The quantitative estimate of drug-likeness (QED) is 0.305. The number of hydrogen-bond donors (Lipinski definition) is 1. The molecule has 8 heteroatoms. The standard InChI is InChI=1S/C29H29N7O/c1-2-3-13-27-30-29(37)26(19-16-21-9-5-4-6-10-21)33-36(27)20-22-14-17-23(18-15-22)24-11-7-8-12-25(24)28-31-34-35-32-28/h4-12,14-15,17-18H,2-3,13,16,19-20H2,1H3,(H,31,32,34,35). The van der Waals surface area contributed by atoms with Crippen LogP contribution in [0.15, 0.2) is 83.7 Å². The fourth-order valence-corrected chi connectivity index (χ4v) is 4.37. The molecule has 0 amide bonds. The molecule has 0 aliphatic rings. The topological polar surface area (TPSA) is 102 Å². The number of aromatic nitrogens is 7. The SMILES string of the molecule is CCCCc1nc(=O)c(CCc2ccccc2)nn1Cc1ccc(-c2ccccc2-c2nnn[nH]2)cc1. The van der Waals surface area contributed by atoms with Crippen molar-refractivity contribution in [1.82, 2.24) is 35.4 Å². The second kappa shape index (κ2) is 11.5. The Kier molecular flexibility index (Phi) is 7.55. The van der Waals surface area contributed by atoms with Crippen molar-refractivity contribution in [3.63, 3.8) is 0 Å². The van der Waals surface area contributed by atoms with Gasteiger partial charge >= 0.3 is 0 Å². The number of tetrazole rings is 1. The molecule has 0 radical (unpaired) electrons. The predicted molar refractivity (Wildman–Crippen MR) is 143 cm³/mol. The zero-order valence-electron chi connectivity index (χ0n) is 20.8. The van der Waals surface area contributed by atoms with Gasteiger partial charge in [-0.1, -0.05) is 92.2 Å². The van der Waals surface area contributed by atoms with Crippen molar-refractivity contribution in [1.29, 1.82) is 0 Å². The van der Waals surface area contributed by atoms with E-state index in [0.29, 0.717) is 24.5 Å². The van der Waals surface area contributed by atoms with Gasteiger partial charge < -0.3 is 0 Å². The highest BCUT2D eigenvalue weighted by Crippen LogP contribution is 2.29. The molecule has 0 saturated carbocycles. The van der Waals surface area contributed by atoms with E-state index in [9.17, 15) is 4.79 Å². The number of nitrogens with one attached hydrogen (secondary N) is 1. The Labute approximate surface area is 215 Å². The Balaban J connectivity index is 1.40. The van der Waals surface area contributed by atoms with Crippen LogP contribution in [0.4, 0.5) is 0 Å². The molecule has 8 nitrogen and oxygen atoms in total. The van der Waals surface area contributed by atoms with Crippen LogP contribution in [0.5, 0.6) is 0 Å². The normalized spacial score (nSPS) is 11.1. The van der Waals surface area contributed by atoms with E-state index in [1.165, 1.54) is 5.56 Å². The number of unbranched alkanes of at least 4 members (excludes halogenated alkanes) is 1. The highest BCUT2D eigenvalue weighted by molar-refractivity contribution is 5.80. The van der Waals surface area contributed by atoms with Crippen LogP contribution in [-0.4, -0.2) is 35.4 Å². The number of nitrogens with zero attached hydrogens (tertiary/aromatic N) is 6. The summed E-state index contributed by atoms with van der Waals surface area (Å²) in [6.45, 7) is 2.69. The van der Waals surface area contributed by atoms with Crippen molar-refractivity contribution in [2.24, 2.45) is 0 Å². The van der Waals surface area contributed by atoms with E-state index in [2.05, 4.69) is 75.0 Å². The minimum Gasteiger partial charge on any atom is -0.265 e. The van der Waals surface area contributed by atoms with Crippen molar-refractivity contribution < 1.29 is 0 Å². The highest BCUT2D eigenvalue weighted by atomic mass is 16.1. The fraction of sp³-hybridized carbons (Fsp3) is 0.241. The van der Waals surface area contributed by atoms with E-state index < -0.39 is 0 Å². The zero-order valence-corrected chi connectivity index (χ0v) is 20.8. The summed E-state index contributed by atoms with van der Waals surface area (Å²) >= 11 is 0. The highest BCUT2D eigenvalue weighted by Gasteiger charge is 2.13. The average Bonchev–Trinajstić information content (AvgIpc) is 3.48. The van der Waals surface area contributed by atoms with E-state index in [0.717, 1.165) is 53.8 Å². The number of aryl methyl sites for hydroxylation is 3. The van der Waals surface area contributed by atoms with E-state index in [1.807, 2.05) is 41.1 Å². The van der Waals surface area contributed by atoms with Gasteiger partial charge in [-0.2, -0.15) is 10.1 Å². The van der Waals surface area contributed by atoms with Crippen LogP contribution in [0, 0.1) is 0 Å². The number of hydrogen-bond acceptors (Lipinski definition) is 6. The molecule has 0 atom stereocenters. The molecule has 0 saturated heterocycles. The predicted octanol–water partition coefficient (Wildman–Crippen LogP) is 4.66. The van der Waals surface area contributed by atoms with Crippen LogP contribution >= 0.6 is 0 Å². The molecule has 5 rings (SSSR count). The average molecular weight is 492 g/mol. The Morgan fingerprint density at radius 3 is 2.30 bits per heavy atom. The van der Waals surface area contributed by atoms with Gasteiger partial charge in [0.25, 0.3) is 5.56 Å². The second-order valence-corrected chi connectivity index (χ2v) is 9.02. The van der Waals surface area contributed by atoms with E-state index in [4.69, 9.17) is 5.10 Å². The van der Waals surface area contributed by atoms with Crippen molar-refractivity contribution >= 4 is 0 Å². The number of benzene rings is 3. The summed E-state index contributed by atoms with van der Waals surface area (Å²) in [5.41, 5.74) is 5.62. The minimum absolute atomic E-state index is 0.216. The molecule has 1 N–H and O–H groups in total. The second-order valence-electron chi connectivity index (χ2n) is 9.02. The summed E-state index contributed by atoms with van der Waals surface area (Å²) in [6, 6.07) is 26.6. The van der Waals surface area contributed by atoms with Gasteiger partial charge in [0.2, 0.25) is 0 Å². The third-order valence-electron chi connectivity index (χ3n) is 6.39. The minimum atomic E-state index is -0.216. The van der Waals surface area contributed by atoms with Gasteiger partial charge in [0, 0.05) is 18.4 Å². The van der Waals surface area contributed by atoms with E-state index in [-0.39, 0.29) is 5.56 Å². The van der Waals surface area contributed by atoms with Gasteiger partial charge in [-0.25, -0.2) is 9.78 Å². The molecule has 2 aromatic heterocycles. The van der Waals surface area contributed by atoms with Crippen molar-refractivity contribution in [3.8, 4) is 22.5 Å². The van der Waals surface area contributed by atoms with Gasteiger partial charge in [-0.15, -0.1) is 5.10 Å². The third-order valence-corrected chi connectivity index (χ3v) is 6.39. The van der Waals surface area contributed by atoms with Crippen LogP contribution in [0.25, 0.3) is 22.5 Å². The first-order valence-electron chi connectivity index (χ1n) is 12.6. The monoisotopic (exact) mass is 491 g/mol. The summed E-state index contributed by atoms with van der Waals surface area (Å²) in [5, 5.41) is 19.1. The molecule has 37 heavy (non-hydrogen) atoms. The summed E-state index contributed by atoms with van der Waals surface area (Å²) < 4.78 is 1.90. The molecule has 0 aliphatic heterocycles. The van der Waals surface area contributed by atoms with Crippen LogP contribution in [0.3, 0.4) is 0 Å². The van der Waals surface area contributed by atoms with Gasteiger partial charge in [-0.3, -0.25) is 4.79 Å². The Hall–Kier alpha value is -4.46. The van der Waals surface area contributed by atoms with Crippen molar-refractivity contribution in [2.75, 3.05) is 0 Å². The largest absolute Gasteiger partial charge is 0.294 e. The fourth-order valence-electron chi connectivity index (χ4n) is 4.37. The summed E-state index contributed by atoms with van der Waals surface area (Å²) in [7, 11) is 0. The smallest absolute Gasteiger partial charge is 0.265 e. The molecular weight excluding hydrogens is 462 g/mol. The molecule has 5 aromatic rings. The van der Waals surface area contributed by atoms with Crippen LogP contribution < -0.4 is 5.56 Å². The van der Waals surface area contributed by atoms with Crippen LogP contribution in [0.2, 0.25) is 0 Å². The molecule has 0 bridgehead atoms. The first-order valence-corrected chi connectivity index (χ1v) is 12.6. The van der Waals surface area contributed by atoms with Crippen molar-refractivity contribution in [2.45, 2.75) is 45.6 Å². The van der Waals surface area contributed by atoms with E-state index in [1.54, 1.807) is 0 Å². The van der Waals surface area contributed by atoms with Gasteiger partial charge in [-0.05, 0) is 45.5 Å². The Bertz CT molecular complexity index is 1490.